The van der Waals surface area contributed by atoms with Crippen LogP contribution in [0.4, 0.5) is 11.4 Å². The molecule has 3 rings (SSSR count). The molecule has 0 saturated carbocycles. The number of aromatic amines is 1. The maximum absolute atomic E-state index is 9.21. The lowest BCUT2D eigenvalue weighted by Gasteiger charge is -2.12. The minimum absolute atomic E-state index is 0.238. The third-order valence-electron chi connectivity index (χ3n) is 3.44. The molecule has 3 N–H and O–H groups in total. The first kappa shape index (κ1) is 17.0. The minimum atomic E-state index is 0.238. The first-order chi connectivity index (χ1) is 12.9. The SMILES string of the molecule is N#CC(=CNc1ccccc1NCCOc1ccccc1)c1nn[nH]n1. The van der Waals surface area contributed by atoms with Gasteiger partial charge in [-0.05, 0) is 29.5 Å². The highest BCUT2D eigenvalue weighted by atomic mass is 16.5. The molecule has 3 aromatic rings. The van der Waals surface area contributed by atoms with E-state index < -0.39 is 0 Å². The molecule has 1 heterocycles. The van der Waals surface area contributed by atoms with E-state index in [4.69, 9.17) is 4.74 Å². The number of rotatable bonds is 8. The van der Waals surface area contributed by atoms with Crippen LogP contribution in [0.25, 0.3) is 5.57 Å². The van der Waals surface area contributed by atoms with E-state index in [0.29, 0.717) is 13.2 Å². The predicted octanol–water partition coefficient (Wildman–Crippen LogP) is 2.67. The molecule has 8 heteroatoms. The van der Waals surface area contributed by atoms with E-state index in [-0.39, 0.29) is 11.4 Å². The zero-order valence-electron chi connectivity index (χ0n) is 13.9. The van der Waals surface area contributed by atoms with Crippen LogP contribution in [0, 0.1) is 11.3 Å². The quantitative estimate of drug-likeness (QED) is 0.424. The van der Waals surface area contributed by atoms with Gasteiger partial charge in [0.1, 0.15) is 24.0 Å². The fourth-order valence-corrected chi connectivity index (χ4v) is 2.21. The van der Waals surface area contributed by atoms with Gasteiger partial charge < -0.3 is 15.4 Å². The van der Waals surface area contributed by atoms with Crippen molar-refractivity contribution in [1.82, 2.24) is 20.6 Å². The van der Waals surface area contributed by atoms with Crippen LogP contribution in [0.3, 0.4) is 0 Å². The molecule has 0 saturated heterocycles. The number of nitrogens with zero attached hydrogens (tertiary/aromatic N) is 4. The van der Waals surface area contributed by atoms with Gasteiger partial charge in [-0.25, -0.2) is 0 Å². The number of allylic oxidation sites excluding steroid dienone is 1. The first-order valence-electron chi connectivity index (χ1n) is 7.98. The monoisotopic (exact) mass is 347 g/mol. The van der Waals surface area contributed by atoms with Crippen LogP contribution in [0.1, 0.15) is 5.82 Å². The second kappa shape index (κ2) is 8.84. The van der Waals surface area contributed by atoms with Gasteiger partial charge in [-0.1, -0.05) is 30.3 Å². The maximum Gasteiger partial charge on any atom is 0.216 e. The number of tetrazole rings is 1. The van der Waals surface area contributed by atoms with Gasteiger partial charge in [-0.15, -0.1) is 10.2 Å². The van der Waals surface area contributed by atoms with Gasteiger partial charge in [0.2, 0.25) is 5.82 Å². The molecule has 2 aromatic carbocycles. The first-order valence-corrected chi connectivity index (χ1v) is 7.98. The normalized spacial score (nSPS) is 10.8. The lowest BCUT2D eigenvalue weighted by molar-refractivity contribution is 0.333. The Morgan fingerprint density at radius 3 is 2.62 bits per heavy atom. The van der Waals surface area contributed by atoms with Crippen molar-refractivity contribution in [2.75, 3.05) is 23.8 Å². The van der Waals surface area contributed by atoms with E-state index in [1.54, 1.807) is 6.20 Å². The molecule has 0 amide bonds. The van der Waals surface area contributed by atoms with Crippen LogP contribution < -0.4 is 15.4 Å². The molecule has 0 spiro atoms. The van der Waals surface area contributed by atoms with Crippen molar-refractivity contribution in [2.24, 2.45) is 0 Å². The Kier molecular flexibility index (Phi) is 5.77. The topological polar surface area (TPSA) is 112 Å². The van der Waals surface area contributed by atoms with Gasteiger partial charge in [0.15, 0.2) is 0 Å². The number of ether oxygens (including phenoxy) is 1. The van der Waals surface area contributed by atoms with E-state index in [0.717, 1.165) is 17.1 Å². The van der Waals surface area contributed by atoms with Crippen molar-refractivity contribution in [3.05, 3.63) is 66.6 Å². The summed E-state index contributed by atoms with van der Waals surface area (Å²) < 4.78 is 5.67. The minimum Gasteiger partial charge on any atom is -0.492 e. The third kappa shape index (κ3) is 4.58. The summed E-state index contributed by atoms with van der Waals surface area (Å²) in [6.07, 6.45) is 1.55. The van der Waals surface area contributed by atoms with Crippen LogP contribution in [-0.2, 0) is 0 Å². The molecule has 1 aromatic heterocycles. The van der Waals surface area contributed by atoms with Crippen molar-refractivity contribution >= 4 is 16.9 Å². The highest BCUT2D eigenvalue weighted by molar-refractivity contribution is 5.77. The highest BCUT2D eigenvalue weighted by Crippen LogP contribution is 2.21. The lowest BCUT2D eigenvalue weighted by Crippen LogP contribution is -2.12. The van der Waals surface area contributed by atoms with Crippen LogP contribution in [-0.4, -0.2) is 33.8 Å². The fraction of sp³-hybridized carbons (Fsp3) is 0.111. The Morgan fingerprint density at radius 1 is 1.12 bits per heavy atom. The fourth-order valence-electron chi connectivity index (χ4n) is 2.21. The number of H-pyrrole nitrogens is 1. The van der Waals surface area contributed by atoms with Gasteiger partial charge in [-0.2, -0.15) is 10.5 Å². The number of anilines is 2. The Bertz CT molecular complexity index is 885. The number of hydrogen-bond acceptors (Lipinski definition) is 7. The number of hydrogen-bond donors (Lipinski definition) is 3. The van der Waals surface area contributed by atoms with Crippen LogP contribution in [0.15, 0.2) is 60.8 Å². The van der Waals surface area contributed by atoms with Gasteiger partial charge in [0.05, 0.1) is 11.4 Å². The second-order valence-electron chi connectivity index (χ2n) is 5.18. The van der Waals surface area contributed by atoms with E-state index in [2.05, 4.69) is 31.3 Å². The molecule has 0 aliphatic carbocycles. The summed E-state index contributed by atoms with van der Waals surface area (Å²) in [5, 5.41) is 29.0. The van der Waals surface area contributed by atoms with Crippen LogP contribution in [0.2, 0.25) is 0 Å². The Balaban J connectivity index is 1.58. The summed E-state index contributed by atoms with van der Waals surface area (Å²) in [6.45, 7) is 1.16. The number of nitriles is 1. The van der Waals surface area contributed by atoms with Gasteiger partial charge >= 0.3 is 0 Å². The summed E-state index contributed by atoms with van der Waals surface area (Å²) in [4.78, 5) is 0. The second-order valence-corrected chi connectivity index (χ2v) is 5.18. The van der Waals surface area contributed by atoms with Crippen molar-refractivity contribution in [3.8, 4) is 11.8 Å². The van der Waals surface area contributed by atoms with Crippen LogP contribution in [0.5, 0.6) is 5.75 Å². The molecular formula is C18H17N7O. The average molecular weight is 347 g/mol. The smallest absolute Gasteiger partial charge is 0.216 e. The Hall–Kier alpha value is -3.86. The maximum atomic E-state index is 9.21. The zero-order chi connectivity index (χ0) is 18.0. The van der Waals surface area contributed by atoms with Gasteiger partial charge in [0, 0.05) is 12.7 Å². The van der Waals surface area contributed by atoms with Crippen molar-refractivity contribution in [2.45, 2.75) is 0 Å². The zero-order valence-corrected chi connectivity index (χ0v) is 13.9. The number of aromatic nitrogens is 4. The molecule has 0 bridgehead atoms. The molecule has 0 atom stereocenters. The molecule has 8 nitrogen and oxygen atoms in total. The van der Waals surface area contributed by atoms with E-state index in [9.17, 15) is 5.26 Å². The van der Waals surface area contributed by atoms with Crippen LogP contribution >= 0.6 is 0 Å². The highest BCUT2D eigenvalue weighted by Gasteiger charge is 2.06. The third-order valence-corrected chi connectivity index (χ3v) is 3.44. The average Bonchev–Trinajstić information content (AvgIpc) is 3.22. The number of benzene rings is 2. The summed E-state index contributed by atoms with van der Waals surface area (Å²) in [7, 11) is 0. The van der Waals surface area contributed by atoms with Crippen molar-refractivity contribution in [1.29, 1.82) is 5.26 Å². The standard InChI is InChI=1S/C18H17N7O/c19-12-14(18-22-24-25-23-18)13-21-17-9-5-4-8-16(17)20-10-11-26-15-6-2-1-3-7-15/h1-9,13,20-21H,10-11H2,(H,22,23,24,25). The molecule has 0 radical (unpaired) electrons. The molecule has 130 valence electrons. The summed E-state index contributed by atoms with van der Waals surface area (Å²) >= 11 is 0. The molecule has 26 heavy (non-hydrogen) atoms. The van der Waals surface area contributed by atoms with E-state index in [1.807, 2.05) is 60.7 Å². The van der Waals surface area contributed by atoms with E-state index in [1.165, 1.54) is 0 Å². The Labute approximate surface area is 150 Å². The lowest BCUT2D eigenvalue weighted by atomic mass is 10.2. The molecular weight excluding hydrogens is 330 g/mol. The summed E-state index contributed by atoms with van der Waals surface area (Å²) in [5.41, 5.74) is 2.00. The molecule has 0 unspecified atom stereocenters. The summed E-state index contributed by atoms with van der Waals surface area (Å²) in [5.74, 6) is 1.07. The molecule has 0 fully saturated rings. The summed E-state index contributed by atoms with van der Waals surface area (Å²) in [6, 6.07) is 19.4. The van der Waals surface area contributed by atoms with Gasteiger partial charge in [0.25, 0.3) is 0 Å². The molecule has 0 aliphatic rings. The van der Waals surface area contributed by atoms with Gasteiger partial charge in [-0.3, -0.25) is 0 Å². The van der Waals surface area contributed by atoms with Crippen molar-refractivity contribution < 1.29 is 4.74 Å². The Morgan fingerprint density at radius 2 is 1.88 bits per heavy atom. The number of nitrogens with one attached hydrogen (secondary N) is 3. The number of para-hydroxylation sites is 3. The largest absolute Gasteiger partial charge is 0.492 e. The van der Waals surface area contributed by atoms with Crippen molar-refractivity contribution in [3.63, 3.8) is 0 Å². The van der Waals surface area contributed by atoms with E-state index >= 15 is 0 Å². The molecule has 0 aliphatic heterocycles. The predicted molar refractivity (Wildman–Crippen MR) is 98.3 cm³/mol.